The lowest BCUT2D eigenvalue weighted by Gasteiger charge is -2.53. The fraction of sp³-hybridized carbons (Fsp3) is 0.385. The number of para-hydroxylation sites is 2. The van der Waals surface area contributed by atoms with Gasteiger partial charge in [-0.25, -0.2) is 0 Å². The van der Waals surface area contributed by atoms with Crippen LogP contribution in [0, 0.1) is 0 Å². The molecule has 13 rings (SSSR count). The van der Waals surface area contributed by atoms with Crippen LogP contribution >= 0.6 is 11.3 Å². The summed E-state index contributed by atoms with van der Waals surface area (Å²) < 4.78 is 42.4. The van der Waals surface area contributed by atoms with Crippen molar-refractivity contribution < 1.29 is 5.48 Å². The predicted octanol–water partition coefficient (Wildman–Crippen LogP) is 11.9. The molecular weight excluding hydrogens is 709 g/mol. The summed E-state index contributed by atoms with van der Waals surface area (Å²) in [6.07, 6.45) is 8.58. The zero-order valence-electron chi connectivity index (χ0n) is 38.3. The lowest BCUT2D eigenvalue weighted by Crippen LogP contribution is -2.64. The number of hydrogen-bond donors (Lipinski definition) is 0. The first kappa shape index (κ1) is 29.7. The van der Waals surface area contributed by atoms with E-state index in [-0.39, 0.29) is 47.3 Å². The SMILES string of the molecule is [2H]c1c([2H])c([2H])c2c(c1[2H])N(c1cc3c4c(c1)-n1c5c(cc(C(C)(C)C)cc5c5sc6ccccc6c51)B4c1cccc4c1N3C1(C)CCCCC41C)C1(C)CCCCC21C. The maximum Gasteiger partial charge on any atom is 0.252 e. The van der Waals surface area contributed by atoms with Gasteiger partial charge in [0.15, 0.2) is 0 Å². The molecule has 0 spiro atoms. The van der Waals surface area contributed by atoms with Crippen molar-refractivity contribution >= 4 is 88.4 Å². The molecule has 0 amide bonds. The molecule has 0 bridgehead atoms. The third-order valence-electron chi connectivity index (χ3n) is 16.9. The Morgan fingerprint density at radius 1 is 0.667 bits per heavy atom. The highest BCUT2D eigenvalue weighted by molar-refractivity contribution is 7.26. The summed E-state index contributed by atoms with van der Waals surface area (Å²) >= 11 is 1.91. The first-order valence-corrected chi connectivity index (χ1v) is 22.4. The summed E-state index contributed by atoms with van der Waals surface area (Å²) in [6.45, 7) is 16.8. The molecule has 284 valence electrons. The van der Waals surface area contributed by atoms with Crippen LogP contribution in [0.2, 0.25) is 0 Å². The Morgan fingerprint density at radius 3 is 2.16 bits per heavy atom. The van der Waals surface area contributed by atoms with Crippen LogP contribution in [0.25, 0.3) is 36.9 Å². The van der Waals surface area contributed by atoms with E-state index in [0.717, 1.165) is 49.8 Å². The monoisotopic (exact) mass is 765 g/mol. The van der Waals surface area contributed by atoms with E-state index in [2.05, 4.69) is 130 Å². The summed E-state index contributed by atoms with van der Waals surface area (Å²) in [4.78, 5) is 5.23. The molecule has 6 heterocycles. The average Bonchev–Trinajstić information content (AvgIpc) is 3.90. The van der Waals surface area contributed by atoms with Gasteiger partial charge in [-0.2, -0.15) is 0 Å². The van der Waals surface area contributed by atoms with Gasteiger partial charge in [-0.15, -0.1) is 11.3 Å². The maximum atomic E-state index is 9.67. The molecule has 4 unspecified atom stereocenters. The van der Waals surface area contributed by atoms with E-state index in [9.17, 15) is 2.74 Å². The van der Waals surface area contributed by atoms with Gasteiger partial charge in [-0.1, -0.05) is 121 Å². The van der Waals surface area contributed by atoms with Crippen LogP contribution in [0.4, 0.5) is 22.7 Å². The Hall–Kier alpha value is -4.48. The minimum absolute atomic E-state index is 0.0314. The van der Waals surface area contributed by atoms with Gasteiger partial charge in [0.1, 0.15) is 0 Å². The van der Waals surface area contributed by atoms with Crippen molar-refractivity contribution in [3.8, 4) is 5.69 Å². The second-order valence-corrected chi connectivity index (χ2v) is 21.5. The first-order chi connectivity index (χ1) is 29.0. The van der Waals surface area contributed by atoms with Crippen molar-refractivity contribution in [1.82, 2.24) is 4.57 Å². The van der Waals surface area contributed by atoms with E-state index in [1.165, 1.54) is 88.6 Å². The molecule has 2 saturated carbocycles. The minimum atomic E-state index is -0.462. The van der Waals surface area contributed by atoms with Gasteiger partial charge in [0.25, 0.3) is 6.71 Å². The van der Waals surface area contributed by atoms with E-state index in [1.54, 1.807) is 0 Å². The van der Waals surface area contributed by atoms with E-state index in [1.807, 2.05) is 11.3 Å². The Bertz CT molecular complexity index is 3200. The molecule has 0 saturated heterocycles. The smallest absolute Gasteiger partial charge is 0.252 e. The topological polar surface area (TPSA) is 11.4 Å². The Kier molecular flexibility index (Phi) is 5.41. The number of hydrogen-bond acceptors (Lipinski definition) is 3. The number of nitrogens with zero attached hydrogens (tertiary/aromatic N) is 3. The van der Waals surface area contributed by atoms with Crippen molar-refractivity contribution in [1.29, 1.82) is 0 Å². The summed E-state index contributed by atoms with van der Waals surface area (Å²) in [5.41, 5.74) is 14.8. The highest BCUT2D eigenvalue weighted by Crippen LogP contribution is 2.64. The van der Waals surface area contributed by atoms with Crippen molar-refractivity contribution in [3.63, 3.8) is 0 Å². The number of aromatic nitrogens is 1. The third-order valence-corrected chi connectivity index (χ3v) is 18.1. The molecule has 0 N–H and O–H groups in total. The lowest BCUT2D eigenvalue weighted by molar-refractivity contribution is 0.194. The number of anilines is 4. The van der Waals surface area contributed by atoms with E-state index >= 15 is 0 Å². The zero-order valence-corrected chi connectivity index (χ0v) is 35.2. The zero-order chi connectivity index (χ0) is 42.1. The van der Waals surface area contributed by atoms with Gasteiger partial charge in [0.05, 0.1) is 32.3 Å². The Morgan fingerprint density at radius 2 is 1.37 bits per heavy atom. The van der Waals surface area contributed by atoms with E-state index in [4.69, 9.17) is 2.74 Å². The van der Waals surface area contributed by atoms with Gasteiger partial charge in [0.2, 0.25) is 0 Å². The predicted molar refractivity (Wildman–Crippen MR) is 245 cm³/mol. The van der Waals surface area contributed by atoms with Crippen molar-refractivity contribution in [2.45, 2.75) is 127 Å². The van der Waals surface area contributed by atoms with Crippen LogP contribution in [0.3, 0.4) is 0 Å². The summed E-state index contributed by atoms with van der Waals surface area (Å²) in [5.74, 6) is 0. The molecule has 4 aliphatic heterocycles. The highest BCUT2D eigenvalue weighted by atomic mass is 32.1. The van der Waals surface area contributed by atoms with E-state index in [0.29, 0.717) is 5.69 Å². The molecule has 3 nitrogen and oxygen atoms in total. The second kappa shape index (κ2) is 10.4. The number of benzene rings is 5. The van der Waals surface area contributed by atoms with Gasteiger partial charge in [-0.05, 0) is 108 Å². The van der Waals surface area contributed by atoms with Crippen LogP contribution in [0.5, 0.6) is 0 Å². The van der Waals surface area contributed by atoms with Crippen LogP contribution in [0.1, 0.15) is 122 Å². The van der Waals surface area contributed by atoms with Crippen molar-refractivity contribution in [3.05, 3.63) is 108 Å². The summed E-state index contributed by atoms with van der Waals surface area (Å²) in [5, 5.41) is 2.60. The van der Waals surface area contributed by atoms with Gasteiger partial charge < -0.3 is 14.4 Å². The maximum absolute atomic E-state index is 9.67. The number of rotatable bonds is 1. The normalized spacial score (nSPS) is 28.9. The lowest BCUT2D eigenvalue weighted by atomic mass is 9.33. The van der Waals surface area contributed by atoms with E-state index < -0.39 is 11.0 Å². The molecular formula is C52H52BN3S. The second-order valence-electron chi connectivity index (χ2n) is 20.4. The van der Waals surface area contributed by atoms with Crippen LogP contribution in [-0.4, -0.2) is 22.4 Å². The van der Waals surface area contributed by atoms with Gasteiger partial charge in [-0.3, -0.25) is 0 Å². The van der Waals surface area contributed by atoms with Gasteiger partial charge in [0, 0.05) is 54.7 Å². The first-order valence-electron chi connectivity index (χ1n) is 23.6. The Balaban J connectivity index is 1.23. The molecule has 5 aromatic carbocycles. The molecule has 6 aliphatic rings. The molecule has 0 radical (unpaired) electrons. The summed E-state index contributed by atoms with van der Waals surface area (Å²) in [6, 6.07) is 26.1. The number of fused-ring (bicyclic) bond motifs is 15. The molecule has 5 heteroatoms. The van der Waals surface area contributed by atoms with Crippen LogP contribution in [-0.2, 0) is 16.2 Å². The molecule has 2 aromatic heterocycles. The standard InChI is InChI=1S/C52H52BN3S/c1-48(2,3)31-27-34-44-38(28-31)53-37-20-16-19-36-46(37)56(52(7)26-15-13-24-50(36,52)5)41-30-32(55-39-21-10-9-18-35(39)49(4)23-12-14-25-51(49,55)6)29-40(43(41)53)54(44)45-33-17-8-11-22-42(33)57-47(34)45/h8-11,16-22,27-30H,12-15,23-26H2,1-7H3/i9D,10D,18D,21D. The summed E-state index contributed by atoms with van der Waals surface area (Å²) in [7, 11) is 0. The number of thiophene rings is 1. The van der Waals surface area contributed by atoms with Crippen molar-refractivity contribution in [2.24, 2.45) is 0 Å². The molecule has 4 atom stereocenters. The molecule has 7 aromatic rings. The molecule has 2 aliphatic carbocycles. The van der Waals surface area contributed by atoms with Gasteiger partial charge >= 0.3 is 0 Å². The van der Waals surface area contributed by atoms with Crippen LogP contribution in [0.15, 0.2) is 90.9 Å². The molecule has 57 heavy (non-hydrogen) atoms. The fourth-order valence-electron chi connectivity index (χ4n) is 13.6. The quantitative estimate of drug-likeness (QED) is 0.154. The third kappa shape index (κ3) is 3.67. The largest absolute Gasteiger partial charge is 0.335 e. The molecule has 2 fully saturated rings. The highest BCUT2D eigenvalue weighted by Gasteiger charge is 2.62. The Labute approximate surface area is 347 Å². The van der Waals surface area contributed by atoms with Crippen molar-refractivity contribution in [2.75, 3.05) is 9.80 Å². The van der Waals surface area contributed by atoms with Crippen LogP contribution < -0.4 is 26.2 Å². The fourth-order valence-corrected chi connectivity index (χ4v) is 14.8. The minimum Gasteiger partial charge on any atom is -0.335 e. The average molecular weight is 766 g/mol.